The second-order valence-corrected chi connectivity index (χ2v) is 5.58. The van der Waals surface area contributed by atoms with Crippen molar-refractivity contribution >= 4 is 15.9 Å². The van der Waals surface area contributed by atoms with E-state index < -0.39 is 0 Å². The Balaban J connectivity index is 2.19. The minimum absolute atomic E-state index is 0.610. The number of hydrogen-bond acceptors (Lipinski definition) is 1. The first-order valence-corrected chi connectivity index (χ1v) is 7.50. The summed E-state index contributed by atoms with van der Waals surface area (Å²) < 4.78 is 1.20. The third-order valence-corrected chi connectivity index (χ3v) is 3.86. The molecular weight excluding hydrogens is 274 g/mol. The molecule has 1 N–H and O–H groups in total. The minimum atomic E-state index is 0.610. The average Bonchev–Trinajstić information content (AvgIpc) is 2.34. The molecule has 17 heavy (non-hydrogen) atoms. The van der Waals surface area contributed by atoms with E-state index in [1.807, 2.05) is 0 Å². The van der Waals surface area contributed by atoms with Gasteiger partial charge in [0.1, 0.15) is 0 Å². The zero-order chi connectivity index (χ0) is 12.5. The molecule has 0 aliphatic carbocycles. The fourth-order valence-corrected chi connectivity index (χ4v) is 2.33. The second kappa shape index (κ2) is 8.71. The summed E-state index contributed by atoms with van der Waals surface area (Å²) in [5.41, 5.74) is 1.34. The fourth-order valence-electron chi connectivity index (χ4n) is 1.91. The van der Waals surface area contributed by atoms with E-state index in [-0.39, 0.29) is 0 Å². The largest absolute Gasteiger partial charge is 0.310 e. The zero-order valence-corrected chi connectivity index (χ0v) is 12.6. The predicted octanol–water partition coefficient (Wildman–Crippen LogP) is 4.90. The van der Waals surface area contributed by atoms with Crippen molar-refractivity contribution < 1.29 is 0 Å². The Hall–Kier alpha value is -0.340. The molecule has 1 rings (SSSR count). The van der Waals surface area contributed by atoms with Crippen molar-refractivity contribution in [1.29, 1.82) is 0 Å². The molecule has 1 aromatic rings. The maximum Gasteiger partial charge on any atom is 0.0220 e. The third kappa shape index (κ3) is 6.23. The number of nitrogens with one attached hydrogen (secondary N) is 1. The van der Waals surface area contributed by atoms with Crippen molar-refractivity contribution in [1.82, 2.24) is 5.32 Å². The van der Waals surface area contributed by atoms with Crippen molar-refractivity contribution in [2.24, 2.45) is 0 Å². The number of hydrogen-bond donors (Lipinski definition) is 1. The molecule has 96 valence electrons. The highest BCUT2D eigenvalue weighted by Crippen LogP contribution is 2.15. The monoisotopic (exact) mass is 297 g/mol. The van der Waals surface area contributed by atoms with Crippen molar-refractivity contribution in [3.63, 3.8) is 0 Å². The van der Waals surface area contributed by atoms with Crippen LogP contribution >= 0.6 is 15.9 Å². The Morgan fingerprint density at radius 3 is 2.65 bits per heavy atom. The molecule has 0 aromatic heterocycles. The lowest BCUT2D eigenvalue weighted by Crippen LogP contribution is -2.25. The highest BCUT2D eigenvalue weighted by Gasteiger charge is 2.03. The summed E-state index contributed by atoms with van der Waals surface area (Å²) in [7, 11) is 0. The lowest BCUT2D eigenvalue weighted by Gasteiger charge is -2.14. The molecule has 1 unspecified atom stereocenters. The van der Waals surface area contributed by atoms with Gasteiger partial charge in [-0.2, -0.15) is 0 Å². The lowest BCUT2D eigenvalue weighted by molar-refractivity contribution is 0.482. The number of halogens is 1. The molecule has 0 aliphatic rings. The first-order valence-electron chi connectivity index (χ1n) is 6.70. The minimum Gasteiger partial charge on any atom is -0.310 e. The van der Waals surface area contributed by atoms with Crippen LogP contribution in [0.4, 0.5) is 0 Å². The Kier molecular flexibility index (Phi) is 7.54. The summed E-state index contributed by atoms with van der Waals surface area (Å²) in [6.07, 6.45) is 6.69. The molecule has 0 fully saturated rings. The van der Waals surface area contributed by atoms with Crippen LogP contribution in [-0.4, -0.2) is 6.04 Å². The second-order valence-electron chi connectivity index (χ2n) is 4.72. The molecule has 0 spiro atoms. The number of benzene rings is 1. The molecule has 0 aliphatic heterocycles. The Bertz CT molecular complexity index is 312. The molecule has 0 heterocycles. The van der Waals surface area contributed by atoms with Gasteiger partial charge in [0.15, 0.2) is 0 Å². The van der Waals surface area contributed by atoms with E-state index >= 15 is 0 Å². The Morgan fingerprint density at radius 1 is 1.18 bits per heavy atom. The molecule has 0 bridgehead atoms. The van der Waals surface area contributed by atoms with E-state index in [2.05, 4.69) is 59.4 Å². The van der Waals surface area contributed by atoms with Crippen LogP contribution in [-0.2, 0) is 6.54 Å². The lowest BCUT2D eigenvalue weighted by atomic mass is 10.1. The Morgan fingerprint density at radius 2 is 1.94 bits per heavy atom. The van der Waals surface area contributed by atoms with Gasteiger partial charge in [-0.25, -0.2) is 0 Å². The van der Waals surface area contributed by atoms with Crippen LogP contribution < -0.4 is 5.32 Å². The van der Waals surface area contributed by atoms with Crippen LogP contribution in [0.3, 0.4) is 0 Å². The van der Waals surface area contributed by atoms with E-state index in [0.29, 0.717) is 6.04 Å². The fraction of sp³-hybridized carbons (Fsp3) is 0.600. The maximum absolute atomic E-state index is 3.59. The molecule has 0 saturated carbocycles. The molecule has 0 amide bonds. The van der Waals surface area contributed by atoms with Gasteiger partial charge in [-0.15, -0.1) is 0 Å². The van der Waals surface area contributed by atoms with Crippen molar-refractivity contribution in [2.45, 2.75) is 58.5 Å². The summed E-state index contributed by atoms with van der Waals surface area (Å²) >= 11 is 3.58. The van der Waals surface area contributed by atoms with Crippen LogP contribution in [0.1, 0.15) is 51.5 Å². The standard InChI is InChI=1S/C15H24BrN/c1-3-4-5-6-9-13(2)17-12-14-10-7-8-11-15(14)16/h7-8,10-11,13,17H,3-6,9,12H2,1-2H3. The smallest absolute Gasteiger partial charge is 0.0220 e. The van der Waals surface area contributed by atoms with Crippen LogP contribution in [0, 0.1) is 0 Å². The van der Waals surface area contributed by atoms with Crippen LogP contribution in [0.15, 0.2) is 28.7 Å². The highest BCUT2D eigenvalue weighted by atomic mass is 79.9. The summed E-state index contributed by atoms with van der Waals surface area (Å²) in [5, 5.41) is 3.59. The summed E-state index contributed by atoms with van der Waals surface area (Å²) in [6.45, 7) is 5.49. The highest BCUT2D eigenvalue weighted by molar-refractivity contribution is 9.10. The molecule has 0 radical (unpaired) electrons. The van der Waals surface area contributed by atoms with Gasteiger partial charge < -0.3 is 5.32 Å². The van der Waals surface area contributed by atoms with Gasteiger partial charge in [0.05, 0.1) is 0 Å². The van der Waals surface area contributed by atoms with Gasteiger partial charge in [0, 0.05) is 17.1 Å². The van der Waals surface area contributed by atoms with Gasteiger partial charge in [-0.3, -0.25) is 0 Å². The molecule has 1 aromatic carbocycles. The first kappa shape index (κ1) is 14.7. The molecule has 1 atom stereocenters. The van der Waals surface area contributed by atoms with Crippen LogP contribution in [0.5, 0.6) is 0 Å². The molecule has 2 heteroatoms. The number of rotatable bonds is 8. The van der Waals surface area contributed by atoms with Gasteiger partial charge in [0.25, 0.3) is 0 Å². The predicted molar refractivity (Wildman–Crippen MR) is 79.2 cm³/mol. The van der Waals surface area contributed by atoms with E-state index in [1.54, 1.807) is 0 Å². The normalized spacial score (nSPS) is 12.6. The van der Waals surface area contributed by atoms with Gasteiger partial charge >= 0.3 is 0 Å². The topological polar surface area (TPSA) is 12.0 Å². The summed E-state index contributed by atoms with van der Waals surface area (Å²) in [6, 6.07) is 9.03. The third-order valence-electron chi connectivity index (χ3n) is 3.09. The average molecular weight is 298 g/mol. The van der Waals surface area contributed by atoms with E-state index in [1.165, 1.54) is 42.1 Å². The maximum atomic E-state index is 3.59. The van der Waals surface area contributed by atoms with Gasteiger partial charge in [0.2, 0.25) is 0 Å². The first-order chi connectivity index (χ1) is 8.24. The molecular formula is C15H24BrN. The van der Waals surface area contributed by atoms with Crippen molar-refractivity contribution in [2.75, 3.05) is 0 Å². The molecule has 0 saturated heterocycles. The van der Waals surface area contributed by atoms with E-state index in [0.717, 1.165) is 6.54 Å². The van der Waals surface area contributed by atoms with E-state index in [4.69, 9.17) is 0 Å². The van der Waals surface area contributed by atoms with E-state index in [9.17, 15) is 0 Å². The van der Waals surface area contributed by atoms with Crippen molar-refractivity contribution in [3.8, 4) is 0 Å². The summed E-state index contributed by atoms with van der Waals surface area (Å²) in [5.74, 6) is 0. The van der Waals surface area contributed by atoms with Crippen LogP contribution in [0.25, 0.3) is 0 Å². The zero-order valence-electron chi connectivity index (χ0n) is 11.0. The van der Waals surface area contributed by atoms with Gasteiger partial charge in [-0.05, 0) is 25.0 Å². The van der Waals surface area contributed by atoms with Crippen molar-refractivity contribution in [3.05, 3.63) is 34.3 Å². The SMILES string of the molecule is CCCCCCC(C)NCc1ccccc1Br. The quantitative estimate of drug-likeness (QED) is 0.673. The molecule has 1 nitrogen and oxygen atoms in total. The van der Waals surface area contributed by atoms with Crippen LogP contribution in [0.2, 0.25) is 0 Å². The summed E-state index contributed by atoms with van der Waals surface area (Å²) in [4.78, 5) is 0. The number of unbranched alkanes of at least 4 members (excludes halogenated alkanes) is 3. The Labute approximate surface area is 114 Å². The van der Waals surface area contributed by atoms with Gasteiger partial charge in [-0.1, -0.05) is 66.7 Å².